The molecule has 0 saturated heterocycles. The van der Waals surface area contributed by atoms with Crippen LogP contribution in [0.25, 0.3) is 10.2 Å². The SMILES string of the molecule is CN(Cc1nc2ccsc2c(=O)[nH]1)C(=O)CCCC1CCCCC1. The van der Waals surface area contributed by atoms with Crippen LogP contribution in [0, 0.1) is 5.92 Å². The second-order valence-electron chi connectivity index (χ2n) is 6.79. The predicted octanol–water partition coefficient (Wildman–Crippen LogP) is 3.69. The first-order valence-electron chi connectivity index (χ1n) is 8.84. The van der Waals surface area contributed by atoms with Crippen molar-refractivity contribution in [1.29, 1.82) is 0 Å². The van der Waals surface area contributed by atoms with Crippen molar-refractivity contribution in [2.75, 3.05) is 7.05 Å². The molecule has 0 aromatic carbocycles. The highest BCUT2D eigenvalue weighted by Gasteiger charge is 2.16. The largest absolute Gasteiger partial charge is 0.338 e. The van der Waals surface area contributed by atoms with Gasteiger partial charge in [-0.15, -0.1) is 11.3 Å². The summed E-state index contributed by atoms with van der Waals surface area (Å²) < 4.78 is 0.639. The Bertz CT molecular complexity index is 746. The average Bonchev–Trinajstić information content (AvgIpc) is 3.04. The molecular weight excluding hydrogens is 322 g/mol. The van der Waals surface area contributed by atoms with Crippen LogP contribution in [0.5, 0.6) is 0 Å². The molecule has 0 bridgehead atoms. The monoisotopic (exact) mass is 347 g/mol. The molecule has 2 aromatic heterocycles. The summed E-state index contributed by atoms with van der Waals surface area (Å²) in [5.74, 6) is 1.49. The van der Waals surface area contributed by atoms with E-state index in [1.54, 1.807) is 11.9 Å². The summed E-state index contributed by atoms with van der Waals surface area (Å²) in [6.45, 7) is 0.350. The minimum absolute atomic E-state index is 0.122. The second-order valence-corrected chi connectivity index (χ2v) is 7.71. The predicted molar refractivity (Wildman–Crippen MR) is 97.1 cm³/mol. The van der Waals surface area contributed by atoms with Crippen molar-refractivity contribution in [2.24, 2.45) is 5.92 Å². The molecule has 24 heavy (non-hydrogen) atoms. The molecule has 3 rings (SSSR count). The lowest BCUT2D eigenvalue weighted by Gasteiger charge is -2.22. The first-order valence-corrected chi connectivity index (χ1v) is 9.72. The maximum atomic E-state index is 12.3. The van der Waals surface area contributed by atoms with E-state index in [0.717, 1.165) is 18.8 Å². The first kappa shape index (κ1) is 17.1. The Hall–Kier alpha value is -1.69. The second kappa shape index (κ2) is 7.92. The van der Waals surface area contributed by atoms with E-state index in [1.807, 2.05) is 11.4 Å². The van der Waals surface area contributed by atoms with Crippen molar-refractivity contribution in [3.63, 3.8) is 0 Å². The molecule has 6 heteroatoms. The number of nitrogens with zero attached hydrogens (tertiary/aromatic N) is 2. The Morgan fingerprint density at radius 1 is 1.38 bits per heavy atom. The van der Waals surface area contributed by atoms with Crippen LogP contribution >= 0.6 is 11.3 Å². The number of aromatic nitrogens is 2. The van der Waals surface area contributed by atoms with Crippen molar-refractivity contribution in [3.8, 4) is 0 Å². The number of carbonyl (C=O) groups excluding carboxylic acids is 1. The van der Waals surface area contributed by atoms with Gasteiger partial charge in [0.1, 0.15) is 10.5 Å². The molecule has 0 unspecified atom stereocenters. The van der Waals surface area contributed by atoms with Gasteiger partial charge in [-0.05, 0) is 30.2 Å². The number of nitrogens with one attached hydrogen (secondary N) is 1. The van der Waals surface area contributed by atoms with Gasteiger partial charge in [0.25, 0.3) is 5.56 Å². The molecule has 130 valence electrons. The quantitative estimate of drug-likeness (QED) is 0.866. The third kappa shape index (κ3) is 4.23. The van der Waals surface area contributed by atoms with Gasteiger partial charge in [0, 0.05) is 13.5 Å². The maximum absolute atomic E-state index is 12.3. The summed E-state index contributed by atoms with van der Waals surface area (Å²) >= 11 is 1.39. The number of rotatable bonds is 6. The fourth-order valence-corrected chi connectivity index (χ4v) is 4.24. The van der Waals surface area contributed by atoms with Crippen LogP contribution in [0.1, 0.15) is 57.2 Å². The molecule has 2 aromatic rings. The van der Waals surface area contributed by atoms with E-state index >= 15 is 0 Å². The number of hydrogen-bond donors (Lipinski definition) is 1. The number of thiophene rings is 1. The highest BCUT2D eigenvalue weighted by Crippen LogP contribution is 2.27. The van der Waals surface area contributed by atoms with E-state index in [0.29, 0.717) is 29.0 Å². The molecule has 1 amide bonds. The lowest BCUT2D eigenvalue weighted by molar-refractivity contribution is -0.130. The number of aromatic amines is 1. The lowest BCUT2D eigenvalue weighted by atomic mass is 9.86. The van der Waals surface area contributed by atoms with Gasteiger partial charge < -0.3 is 9.88 Å². The zero-order valence-electron chi connectivity index (χ0n) is 14.2. The fraction of sp³-hybridized carbons (Fsp3) is 0.611. The molecule has 2 heterocycles. The van der Waals surface area contributed by atoms with Crippen LogP contribution in [0.15, 0.2) is 16.2 Å². The van der Waals surface area contributed by atoms with Crippen molar-refractivity contribution in [1.82, 2.24) is 14.9 Å². The highest BCUT2D eigenvalue weighted by molar-refractivity contribution is 7.17. The maximum Gasteiger partial charge on any atom is 0.268 e. The summed E-state index contributed by atoms with van der Waals surface area (Å²) in [5.41, 5.74) is 0.583. The minimum atomic E-state index is -0.122. The molecule has 5 nitrogen and oxygen atoms in total. The molecule has 0 aliphatic heterocycles. The topological polar surface area (TPSA) is 66.1 Å². The normalized spacial score (nSPS) is 15.7. The number of amides is 1. The molecule has 1 aliphatic carbocycles. The minimum Gasteiger partial charge on any atom is -0.338 e. The van der Waals surface area contributed by atoms with Crippen molar-refractivity contribution < 1.29 is 4.79 Å². The van der Waals surface area contributed by atoms with Gasteiger partial charge in [-0.3, -0.25) is 9.59 Å². The molecule has 0 atom stereocenters. The van der Waals surface area contributed by atoms with E-state index in [-0.39, 0.29) is 11.5 Å². The highest BCUT2D eigenvalue weighted by atomic mass is 32.1. The molecule has 1 aliphatic rings. The summed E-state index contributed by atoms with van der Waals surface area (Å²) in [5, 5.41) is 1.86. The molecule has 1 fully saturated rings. The van der Waals surface area contributed by atoms with Crippen LogP contribution < -0.4 is 5.56 Å². The fourth-order valence-electron chi connectivity index (χ4n) is 3.52. The van der Waals surface area contributed by atoms with E-state index < -0.39 is 0 Å². The van der Waals surface area contributed by atoms with Gasteiger partial charge in [0.15, 0.2) is 0 Å². The van der Waals surface area contributed by atoms with E-state index in [2.05, 4.69) is 9.97 Å². The van der Waals surface area contributed by atoms with Gasteiger partial charge in [-0.25, -0.2) is 4.98 Å². The average molecular weight is 347 g/mol. The Labute approximate surface area is 146 Å². The smallest absolute Gasteiger partial charge is 0.268 e. The van der Waals surface area contributed by atoms with Crippen molar-refractivity contribution in [2.45, 2.75) is 57.9 Å². The third-order valence-electron chi connectivity index (χ3n) is 4.90. The van der Waals surface area contributed by atoms with Crippen LogP contribution in [0.2, 0.25) is 0 Å². The summed E-state index contributed by atoms with van der Waals surface area (Å²) in [4.78, 5) is 33.1. The van der Waals surface area contributed by atoms with Gasteiger partial charge >= 0.3 is 0 Å². The number of carbonyl (C=O) groups is 1. The molecule has 0 radical (unpaired) electrons. The van der Waals surface area contributed by atoms with E-state index in [9.17, 15) is 9.59 Å². The lowest BCUT2D eigenvalue weighted by Crippen LogP contribution is -2.28. The molecule has 0 spiro atoms. The Balaban J connectivity index is 1.50. The van der Waals surface area contributed by atoms with Gasteiger partial charge in [0.05, 0.1) is 12.1 Å². The van der Waals surface area contributed by atoms with E-state index in [1.165, 1.54) is 43.4 Å². The van der Waals surface area contributed by atoms with Gasteiger partial charge in [-0.1, -0.05) is 32.1 Å². The zero-order valence-corrected chi connectivity index (χ0v) is 15.0. The molecule has 1 saturated carbocycles. The standard InChI is InChI=1S/C18H25N3O2S/c1-21(16(22)9-5-8-13-6-3-2-4-7-13)12-15-19-14-10-11-24-17(14)18(23)20-15/h10-11,13H,2-9,12H2,1H3,(H,19,20,23). The van der Waals surface area contributed by atoms with Crippen LogP contribution in [-0.2, 0) is 11.3 Å². The van der Waals surface area contributed by atoms with Crippen LogP contribution in [0.3, 0.4) is 0 Å². The van der Waals surface area contributed by atoms with Gasteiger partial charge in [0.2, 0.25) is 5.91 Å². The Kier molecular flexibility index (Phi) is 5.66. The molecular formula is C18H25N3O2S. The third-order valence-corrected chi connectivity index (χ3v) is 5.81. The van der Waals surface area contributed by atoms with Crippen molar-refractivity contribution in [3.05, 3.63) is 27.6 Å². The van der Waals surface area contributed by atoms with Crippen molar-refractivity contribution >= 4 is 27.5 Å². The number of fused-ring (bicyclic) bond motifs is 1. The Morgan fingerprint density at radius 2 is 2.17 bits per heavy atom. The number of H-pyrrole nitrogens is 1. The Morgan fingerprint density at radius 3 is 2.96 bits per heavy atom. The van der Waals surface area contributed by atoms with Crippen LogP contribution in [0.4, 0.5) is 0 Å². The summed E-state index contributed by atoms with van der Waals surface area (Å²) in [6, 6.07) is 1.84. The molecule has 1 N–H and O–H groups in total. The first-order chi connectivity index (χ1) is 11.6. The zero-order chi connectivity index (χ0) is 16.9. The number of hydrogen-bond acceptors (Lipinski definition) is 4. The summed E-state index contributed by atoms with van der Waals surface area (Å²) in [6.07, 6.45) is 9.43. The van der Waals surface area contributed by atoms with Gasteiger partial charge in [-0.2, -0.15) is 0 Å². The van der Waals surface area contributed by atoms with E-state index in [4.69, 9.17) is 0 Å². The van der Waals surface area contributed by atoms with Crippen LogP contribution in [-0.4, -0.2) is 27.8 Å². The summed E-state index contributed by atoms with van der Waals surface area (Å²) in [7, 11) is 1.78.